The van der Waals surface area contributed by atoms with Gasteiger partial charge in [-0.3, -0.25) is 33.9 Å². The lowest BCUT2D eigenvalue weighted by Crippen LogP contribution is -2.52. The predicted molar refractivity (Wildman–Crippen MR) is 272 cm³/mol. The van der Waals surface area contributed by atoms with Gasteiger partial charge in [0.2, 0.25) is 0 Å². The van der Waals surface area contributed by atoms with Crippen LogP contribution in [0.25, 0.3) is 43.1 Å². The number of carbonyl (C=O) groups is 7. The second-order valence-electron chi connectivity index (χ2n) is 22.0. The van der Waals surface area contributed by atoms with Gasteiger partial charge in [-0.05, 0) is 125 Å². The lowest BCUT2D eigenvalue weighted by Gasteiger charge is -2.36. The summed E-state index contributed by atoms with van der Waals surface area (Å²) in [6.45, 7) is 20.1. The highest BCUT2D eigenvalue weighted by atomic mass is 16.6. The van der Waals surface area contributed by atoms with Crippen molar-refractivity contribution in [1.29, 1.82) is 0 Å². The van der Waals surface area contributed by atoms with E-state index >= 15 is 0 Å². The molecule has 3 aliphatic rings. The number of rotatable bonds is 8. The summed E-state index contributed by atoms with van der Waals surface area (Å²) in [5.74, 6) is -1.48. The number of hydrogen-bond acceptors (Lipinski definition) is 11. The van der Waals surface area contributed by atoms with Crippen LogP contribution in [0.1, 0.15) is 136 Å². The second-order valence-corrected chi connectivity index (χ2v) is 22.0. The molecule has 16 nitrogen and oxygen atoms in total. The molecule has 0 aliphatic carbocycles. The van der Waals surface area contributed by atoms with E-state index in [1.807, 2.05) is 29.2 Å². The minimum atomic E-state index is -0.791. The minimum Gasteiger partial charge on any atom is -0.444 e. The molecule has 0 N–H and O–H groups in total. The summed E-state index contributed by atoms with van der Waals surface area (Å²) in [7, 11) is 0. The second kappa shape index (κ2) is 19.6. The zero-order valence-electron chi connectivity index (χ0n) is 43.0. The molecule has 71 heavy (non-hydrogen) atoms. The molecule has 1 saturated heterocycles. The van der Waals surface area contributed by atoms with Gasteiger partial charge in [0.1, 0.15) is 16.8 Å². The molecule has 5 aromatic carbocycles. The van der Waals surface area contributed by atoms with Crippen molar-refractivity contribution >= 4 is 85.0 Å². The Bertz CT molecular complexity index is 2780. The number of ether oxygens (including phenoxy) is 3. The van der Waals surface area contributed by atoms with Gasteiger partial charge >= 0.3 is 18.3 Å². The number of carbonyl (C=O) groups excluding carboxylic acids is 7. The molecule has 0 unspecified atom stereocenters. The minimum absolute atomic E-state index is 0.0127. The van der Waals surface area contributed by atoms with Crippen molar-refractivity contribution in [3.63, 3.8) is 0 Å². The van der Waals surface area contributed by atoms with Crippen LogP contribution in [0.15, 0.2) is 48.5 Å². The number of nitrogens with zero attached hydrogens (tertiary/aromatic N) is 6. The fraction of sp³-hybridized carbons (Fsp3) is 0.509. The molecular weight excluding hydrogens is 905 g/mol. The van der Waals surface area contributed by atoms with Crippen molar-refractivity contribution in [2.75, 3.05) is 72.0 Å². The van der Waals surface area contributed by atoms with Crippen LogP contribution in [-0.2, 0) is 14.2 Å². The Hall–Kier alpha value is -6.55. The SMILES string of the molecule is CCCCCCN1C(=O)c2ccc3c4ccc5c6c(ccc(c7ccc(c2c37)C1=O)c64)C(=O)N(CCN1CCN(C(=O)OC(C)(C)C)CCN(C(=O)OC(C)(C)C)CCN(C(=O)OC(C)(C)C)CC1)C5=O. The van der Waals surface area contributed by atoms with Crippen LogP contribution in [0.2, 0.25) is 0 Å². The highest BCUT2D eigenvalue weighted by Crippen LogP contribution is 2.46. The van der Waals surface area contributed by atoms with E-state index < -0.39 is 46.9 Å². The molecule has 378 valence electrons. The number of hydrogen-bond donors (Lipinski definition) is 0. The van der Waals surface area contributed by atoms with E-state index in [-0.39, 0.29) is 77.3 Å². The van der Waals surface area contributed by atoms with E-state index in [2.05, 4.69) is 6.92 Å². The summed E-state index contributed by atoms with van der Waals surface area (Å²) in [5.41, 5.74) is -0.622. The number of imide groups is 2. The van der Waals surface area contributed by atoms with E-state index in [1.54, 1.807) is 96.4 Å². The summed E-state index contributed by atoms with van der Waals surface area (Å²) in [6, 6.07) is 14.7. The lowest BCUT2D eigenvalue weighted by molar-refractivity contribution is 0.00457. The van der Waals surface area contributed by atoms with Gasteiger partial charge in [-0.15, -0.1) is 0 Å². The van der Waals surface area contributed by atoms with E-state index in [0.717, 1.165) is 58.0 Å². The van der Waals surface area contributed by atoms with Gasteiger partial charge in [0.25, 0.3) is 23.6 Å². The number of fused-ring (bicyclic) bond motifs is 2. The predicted octanol–water partition coefficient (Wildman–Crippen LogP) is 9.54. The van der Waals surface area contributed by atoms with Gasteiger partial charge in [-0.1, -0.05) is 50.5 Å². The molecule has 0 radical (unpaired) electrons. The summed E-state index contributed by atoms with van der Waals surface area (Å²) in [6.07, 6.45) is 2.07. The van der Waals surface area contributed by atoms with Crippen LogP contribution in [0.4, 0.5) is 14.4 Å². The fourth-order valence-electron chi connectivity index (χ4n) is 9.92. The molecule has 0 aromatic heterocycles. The normalized spacial score (nSPS) is 16.9. The maximum absolute atomic E-state index is 14.7. The first-order chi connectivity index (χ1) is 33.5. The largest absolute Gasteiger partial charge is 0.444 e. The van der Waals surface area contributed by atoms with E-state index in [0.29, 0.717) is 39.6 Å². The first-order valence-corrected chi connectivity index (χ1v) is 25.0. The number of amides is 7. The van der Waals surface area contributed by atoms with Crippen LogP contribution in [-0.4, -0.2) is 160 Å². The molecule has 3 aliphatic heterocycles. The van der Waals surface area contributed by atoms with Crippen molar-refractivity contribution in [3.8, 4) is 0 Å². The van der Waals surface area contributed by atoms with Crippen molar-refractivity contribution in [1.82, 2.24) is 29.4 Å². The summed E-state index contributed by atoms with van der Waals surface area (Å²) >= 11 is 0. The molecule has 5 aromatic rings. The molecule has 0 atom stereocenters. The quantitative estimate of drug-likeness (QED) is 0.0478. The van der Waals surface area contributed by atoms with Crippen molar-refractivity contribution in [2.45, 2.75) is 112 Å². The Labute approximate surface area is 415 Å². The zero-order valence-corrected chi connectivity index (χ0v) is 43.0. The molecule has 0 saturated carbocycles. The average molecular weight is 973 g/mol. The Morgan fingerprint density at radius 1 is 0.408 bits per heavy atom. The summed E-state index contributed by atoms with van der Waals surface area (Å²) < 4.78 is 17.3. The molecule has 8 rings (SSSR count). The Balaban J connectivity index is 1.08. The van der Waals surface area contributed by atoms with Crippen LogP contribution in [0, 0.1) is 0 Å². The van der Waals surface area contributed by atoms with Gasteiger partial charge in [0.15, 0.2) is 0 Å². The van der Waals surface area contributed by atoms with Gasteiger partial charge in [0, 0.05) is 105 Å². The van der Waals surface area contributed by atoms with Crippen LogP contribution in [0.3, 0.4) is 0 Å². The zero-order chi connectivity index (χ0) is 51.3. The summed E-state index contributed by atoms with van der Waals surface area (Å²) in [5, 5.41) is 6.03. The lowest BCUT2D eigenvalue weighted by atomic mass is 9.82. The topological polar surface area (TPSA) is 167 Å². The third kappa shape index (κ3) is 10.4. The molecule has 0 bridgehead atoms. The van der Waals surface area contributed by atoms with Crippen molar-refractivity contribution in [2.24, 2.45) is 0 Å². The van der Waals surface area contributed by atoms with Gasteiger partial charge in [0.05, 0.1) is 0 Å². The van der Waals surface area contributed by atoms with E-state index in [1.165, 1.54) is 14.7 Å². The number of unbranched alkanes of at least 4 members (excludes halogenated alkanes) is 3. The first kappa shape index (κ1) is 50.8. The highest BCUT2D eigenvalue weighted by Gasteiger charge is 2.38. The fourth-order valence-corrected chi connectivity index (χ4v) is 9.92. The molecule has 16 heteroatoms. The Kier molecular flexibility index (Phi) is 14.0. The first-order valence-electron chi connectivity index (χ1n) is 25.0. The molecule has 7 amide bonds. The van der Waals surface area contributed by atoms with Crippen molar-refractivity contribution < 1.29 is 47.8 Å². The Morgan fingerprint density at radius 3 is 1.03 bits per heavy atom. The maximum Gasteiger partial charge on any atom is 0.410 e. The van der Waals surface area contributed by atoms with Crippen molar-refractivity contribution in [3.05, 3.63) is 70.8 Å². The maximum atomic E-state index is 14.7. The third-order valence-electron chi connectivity index (χ3n) is 13.3. The van der Waals surface area contributed by atoms with Gasteiger partial charge < -0.3 is 28.9 Å². The van der Waals surface area contributed by atoms with E-state index in [4.69, 9.17) is 14.2 Å². The molecule has 3 heterocycles. The average Bonchev–Trinajstić information content (AvgIpc) is 3.28. The number of benzene rings is 5. The smallest absolute Gasteiger partial charge is 0.410 e. The van der Waals surface area contributed by atoms with Gasteiger partial charge in [-0.25, -0.2) is 14.4 Å². The highest BCUT2D eigenvalue weighted by molar-refractivity contribution is 6.41. The monoisotopic (exact) mass is 972 g/mol. The molecule has 1 fully saturated rings. The molecular formula is C55H68N6O10. The Morgan fingerprint density at radius 2 is 0.718 bits per heavy atom. The van der Waals surface area contributed by atoms with E-state index in [9.17, 15) is 33.6 Å². The third-order valence-corrected chi connectivity index (χ3v) is 13.3. The van der Waals surface area contributed by atoms with Gasteiger partial charge in [-0.2, -0.15) is 0 Å². The standard InChI is InChI=1S/C55H68N6O10/c1-11-12-13-14-23-60-46(62)38-19-15-34-36-17-21-40-45-41(22-18-37(43(36)45)35-16-20-39(47(60)63)44(38)42(34)35)49(65)61(48(40)64)33-26-56-24-27-57(50(66)69-53(2,3)4)29-31-59(52(68)71-55(8,9)10)32-30-58(28-25-56)51(67)70-54(5,6)7/h15-22H,11-14,23-33H2,1-10H3. The van der Waals surface area contributed by atoms with Crippen LogP contribution < -0.4 is 0 Å². The summed E-state index contributed by atoms with van der Waals surface area (Å²) in [4.78, 5) is 107. The van der Waals surface area contributed by atoms with Crippen LogP contribution in [0.5, 0.6) is 0 Å². The van der Waals surface area contributed by atoms with Crippen LogP contribution >= 0.6 is 0 Å². The molecule has 0 spiro atoms.